The van der Waals surface area contributed by atoms with Gasteiger partial charge in [-0.25, -0.2) is 0 Å². The van der Waals surface area contributed by atoms with E-state index in [2.05, 4.69) is 39.6 Å². The Morgan fingerprint density at radius 2 is 2.30 bits per heavy atom. The highest BCUT2D eigenvalue weighted by Gasteiger charge is 2.15. The standard InChI is InChI=1S/C15H21BrN2O.ClH/c1-2-11-10-12(16)5-7-14(11)18-15(19)8-6-13-4-3-9-17-13;/h5,7,10,13,17H,2-4,6,8-9H2,1H3,(H,18,19);1H. The summed E-state index contributed by atoms with van der Waals surface area (Å²) in [7, 11) is 0. The molecule has 5 heteroatoms. The van der Waals surface area contributed by atoms with Gasteiger partial charge >= 0.3 is 0 Å². The number of rotatable bonds is 5. The number of hydrogen-bond acceptors (Lipinski definition) is 2. The second-order valence-electron chi connectivity index (χ2n) is 5.04. The van der Waals surface area contributed by atoms with Crippen LogP contribution in [0.1, 0.15) is 38.2 Å². The van der Waals surface area contributed by atoms with E-state index >= 15 is 0 Å². The Morgan fingerprint density at radius 3 is 2.95 bits per heavy atom. The molecule has 1 saturated heterocycles. The maximum absolute atomic E-state index is 12.0. The number of amides is 1. The van der Waals surface area contributed by atoms with Crippen molar-refractivity contribution in [1.29, 1.82) is 0 Å². The minimum Gasteiger partial charge on any atom is -0.326 e. The molecule has 1 fully saturated rings. The zero-order valence-electron chi connectivity index (χ0n) is 11.7. The van der Waals surface area contributed by atoms with E-state index in [0.29, 0.717) is 12.5 Å². The van der Waals surface area contributed by atoms with E-state index in [1.54, 1.807) is 0 Å². The highest BCUT2D eigenvalue weighted by Crippen LogP contribution is 2.22. The second-order valence-corrected chi connectivity index (χ2v) is 5.95. The first-order chi connectivity index (χ1) is 9.19. The number of carbonyl (C=O) groups excluding carboxylic acids is 1. The molecular weight excluding hydrogens is 340 g/mol. The molecule has 20 heavy (non-hydrogen) atoms. The Balaban J connectivity index is 0.00000200. The molecule has 112 valence electrons. The Bertz CT molecular complexity index is 447. The van der Waals surface area contributed by atoms with Gasteiger partial charge in [0.05, 0.1) is 0 Å². The summed E-state index contributed by atoms with van der Waals surface area (Å²) in [6, 6.07) is 6.53. The average Bonchev–Trinajstić information content (AvgIpc) is 2.91. The molecule has 3 nitrogen and oxygen atoms in total. The average molecular weight is 362 g/mol. The van der Waals surface area contributed by atoms with Gasteiger partial charge in [-0.2, -0.15) is 0 Å². The largest absolute Gasteiger partial charge is 0.326 e. The maximum atomic E-state index is 12.0. The zero-order valence-corrected chi connectivity index (χ0v) is 14.1. The molecular formula is C15H22BrClN2O. The first kappa shape index (κ1) is 17.5. The molecule has 1 atom stereocenters. The third-order valence-corrected chi connectivity index (χ3v) is 4.10. The highest BCUT2D eigenvalue weighted by atomic mass is 79.9. The molecule has 2 N–H and O–H groups in total. The van der Waals surface area contributed by atoms with Gasteiger partial charge in [0.25, 0.3) is 0 Å². The maximum Gasteiger partial charge on any atom is 0.224 e. The fourth-order valence-corrected chi connectivity index (χ4v) is 2.91. The summed E-state index contributed by atoms with van der Waals surface area (Å²) in [5.41, 5.74) is 2.11. The normalized spacial score (nSPS) is 17.6. The summed E-state index contributed by atoms with van der Waals surface area (Å²) in [4.78, 5) is 12.0. The van der Waals surface area contributed by atoms with Crippen LogP contribution < -0.4 is 10.6 Å². The van der Waals surface area contributed by atoms with Crippen molar-refractivity contribution in [3.8, 4) is 0 Å². The zero-order chi connectivity index (χ0) is 13.7. The van der Waals surface area contributed by atoms with E-state index in [1.165, 1.54) is 18.4 Å². The molecule has 1 aromatic carbocycles. The Kier molecular flexibility index (Phi) is 7.56. The van der Waals surface area contributed by atoms with Crippen LogP contribution in [0.25, 0.3) is 0 Å². The van der Waals surface area contributed by atoms with Gasteiger partial charge in [0.15, 0.2) is 0 Å². The van der Waals surface area contributed by atoms with Crippen molar-refractivity contribution in [3.63, 3.8) is 0 Å². The summed E-state index contributed by atoms with van der Waals surface area (Å²) in [5, 5.41) is 6.44. The minimum atomic E-state index is 0. The van der Waals surface area contributed by atoms with Crippen molar-refractivity contribution >= 4 is 39.9 Å². The van der Waals surface area contributed by atoms with Crippen molar-refractivity contribution < 1.29 is 4.79 Å². The predicted molar refractivity (Wildman–Crippen MR) is 89.7 cm³/mol. The number of carbonyl (C=O) groups is 1. The van der Waals surface area contributed by atoms with Crippen molar-refractivity contribution in [2.24, 2.45) is 0 Å². The van der Waals surface area contributed by atoms with Crippen molar-refractivity contribution in [1.82, 2.24) is 5.32 Å². The molecule has 1 unspecified atom stereocenters. The summed E-state index contributed by atoms with van der Waals surface area (Å²) in [6.07, 6.45) is 4.88. The second kappa shape index (κ2) is 8.65. The Hall–Kier alpha value is -0.580. The molecule has 0 aliphatic carbocycles. The SMILES string of the molecule is CCc1cc(Br)ccc1NC(=O)CCC1CCCN1.Cl. The van der Waals surface area contributed by atoms with Crippen LogP contribution in [0.3, 0.4) is 0 Å². The van der Waals surface area contributed by atoms with Gasteiger partial charge in [-0.05, 0) is 56.0 Å². The van der Waals surface area contributed by atoms with Crippen molar-refractivity contribution in [3.05, 3.63) is 28.2 Å². The van der Waals surface area contributed by atoms with Gasteiger partial charge in [0.1, 0.15) is 0 Å². The topological polar surface area (TPSA) is 41.1 Å². The van der Waals surface area contributed by atoms with Crippen LogP contribution in [0.4, 0.5) is 5.69 Å². The predicted octanol–water partition coefficient (Wildman–Crippen LogP) is 3.90. The number of benzene rings is 1. The molecule has 0 spiro atoms. The molecule has 2 rings (SSSR count). The number of anilines is 1. The lowest BCUT2D eigenvalue weighted by Crippen LogP contribution is -2.23. The fraction of sp³-hybridized carbons (Fsp3) is 0.533. The van der Waals surface area contributed by atoms with Crippen LogP contribution in [-0.2, 0) is 11.2 Å². The first-order valence-corrected chi connectivity index (χ1v) is 7.80. The van der Waals surface area contributed by atoms with Crippen LogP contribution in [-0.4, -0.2) is 18.5 Å². The van der Waals surface area contributed by atoms with E-state index < -0.39 is 0 Å². The molecule has 1 aromatic rings. The molecule has 0 bridgehead atoms. The van der Waals surface area contributed by atoms with Crippen LogP contribution >= 0.6 is 28.3 Å². The smallest absolute Gasteiger partial charge is 0.224 e. The number of aryl methyl sites for hydroxylation is 1. The van der Waals surface area contributed by atoms with Crippen LogP contribution in [0.2, 0.25) is 0 Å². The minimum absolute atomic E-state index is 0. The first-order valence-electron chi connectivity index (χ1n) is 7.00. The quantitative estimate of drug-likeness (QED) is 0.835. The van der Waals surface area contributed by atoms with E-state index in [0.717, 1.165) is 29.5 Å². The highest BCUT2D eigenvalue weighted by molar-refractivity contribution is 9.10. The number of hydrogen-bond donors (Lipinski definition) is 2. The number of nitrogens with one attached hydrogen (secondary N) is 2. The molecule has 1 heterocycles. The molecule has 1 amide bonds. The lowest BCUT2D eigenvalue weighted by Gasteiger charge is -2.12. The summed E-state index contributed by atoms with van der Waals surface area (Å²) in [6.45, 7) is 3.19. The third-order valence-electron chi connectivity index (χ3n) is 3.60. The van der Waals surface area contributed by atoms with Gasteiger partial charge in [0.2, 0.25) is 5.91 Å². The van der Waals surface area contributed by atoms with E-state index in [-0.39, 0.29) is 18.3 Å². The lowest BCUT2D eigenvalue weighted by molar-refractivity contribution is -0.116. The lowest BCUT2D eigenvalue weighted by atomic mass is 10.1. The fourth-order valence-electron chi connectivity index (χ4n) is 2.50. The third kappa shape index (κ3) is 5.08. The van der Waals surface area contributed by atoms with Crippen LogP contribution in [0, 0.1) is 0 Å². The van der Waals surface area contributed by atoms with Gasteiger partial charge in [0, 0.05) is 22.6 Å². The summed E-state index contributed by atoms with van der Waals surface area (Å²) >= 11 is 3.46. The van der Waals surface area contributed by atoms with E-state index in [9.17, 15) is 4.79 Å². The monoisotopic (exact) mass is 360 g/mol. The Labute approximate surface area is 135 Å². The van der Waals surface area contributed by atoms with Crippen molar-refractivity contribution in [2.45, 2.75) is 45.1 Å². The molecule has 0 radical (unpaired) electrons. The van der Waals surface area contributed by atoms with Crippen LogP contribution in [0.15, 0.2) is 22.7 Å². The molecule has 1 aliphatic rings. The van der Waals surface area contributed by atoms with Crippen LogP contribution in [0.5, 0.6) is 0 Å². The summed E-state index contributed by atoms with van der Waals surface area (Å²) in [5.74, 6) is 0.116. The van der Waals surface area contributed by atoms with Gasteiger partial charge in [-0.3, -0.25) is 4.79 Å². The van der Waals surface area contributed by atoms with Gasteiger partial charge < -0.3 is 10.6 Å². The molecule has 0 saturated carbocycles. The van der Waals surface area contributed by atoms with Gasteiger partial charge in [-0.15, -0.1) is 12.4 Å². The van der Waals surface area contributed by atoms with E-state index in [4.69, 9.17) is 0 Å². The molecule has 1 aliphatic heterocycles. The van der Waals surface area contributed by atoms with Crippen molar-refractivity contribution in [2.75, 3.05) is 11.9 Å². The summed E-state index contributed by atoms with van der Waals surface area (Å²) < 4.78 is 1.05. The molecule has 0 aromatic heterocycles. The van der Waals surface area contributed by atoms with E-state index in [1.807, 2.05) is 12.1 Å². The Morgan fingerprint density at radius 1 is 1.50 bits per heavy atom. The van der Waals surface area contributed by atoms with Gasteiger partial charge in [-0.1, -0.05) is 22.9 Å². The number of halogens is 2.